The Labute approximate surface area is 152 Å². The number of aliphatic carboxylic acids is 1. The zero-order chi connectivity index (χ0) is 19.6. The molecule has 0 aliphatic rings. The molecule has 146 valence electrons. The third-order valence-corrected chi connectivity index (χ3v) is 5.17. The van der Waals surface area contributed by atoms with Crippen molar-refractivity contribution >= 4 is 19.7 Å². The first kappa shape index (κ1) is 22.1. The van der Waals surface area contributed by atoms with Crippen LogP contribution in [0.15, 0.2) is 30.3 Å². The van der Waals surface area contributed by atoms with Crippen LogP contribution in [0.1, 0.15) is 31.7 Å². The van der Waals surface area contributed by atoms with Crippen molar-refractivity contribution in [2.24, 2.45) is 5.73 Å². The molecule has 0 radical (unpaired) electrons. The number of ether oxygens (including phenoxy) is 1. The van der Waals surface area contributed by atoms with Crippen molar-refractivity contribution in [3.63, 3.8) is 0 Å². The van der Waals surface area contributed by atoms with E-state index in [9.17, 15) is 19.0 Å². The lowest BCUT2D eigenvalue weighted by Crippen LogP contribution is -2.35. The molecule has 3 unspecified atom stereocenters. The van der Waals surface area contributed by atoms with Gasteiger partial charge in [-0.2, -0.15) is 0 Å². The fourth-order valence-corrected chi connectivity index (χ4v) is 3.00. The number of unbranched alkanes of at least 4 members (excludes halogenated alkanes) is 1. The van der Waals surface area contributed by atoms with Crippen molar-refractivity contribution in [3.8, 4) is 0 Å². The summed E-state index contributed by atoms with van der Waals surface area (Å²) in [5, 5.41) is 11.3. The van der Waals surface area contributed by atoms with Crippen molar-refractivity contribution in [3.05, 3.63) is 35.9 Å². The Kier molecular flexibility index (Phi) is 9.29. The number of nitrogens with one attached hydrogen (secondary N) is 1. The highest BCUT2D eigenvalue weighted by atomic mass is 31.2. The molecular weight excluding hydrogens is 363 g/mol. The lowest BCUT2D eigenvalue weighted by molar-refractivity contribution is -0.145. The van der Waals surface area contributed by atoms with Gasteiger partial charge in [-0.25, -0.2) is 9.59 Å². The van der Waals surface area contributed by atoms with E-state index in [-0.39, 0.29) is 13.0 Å². The van der Waals surface area contributed by atoms with Crippen LogP contribution in [0, 0.1) is 0 Å². The largest absolute Gasteiger partial charge is 0.479 e. The number of carboxylic acid groups (broad SMARTS) is 1. The van der Waals surface area contributed by atoms with Crippen molar-refractivity contribution in [1.82, 2.24) is 5.32 Å². The van der Waals surface area contributed by atoms with Gasteiger partial charge in [0.15, 0.2) is 6.10 Å². The summed E-state index contributed by atoms with van der Waals surface area (Å²) in [6.07, 6.45) is -1.31. The van der Waals surface area contributed by atoms with Gasteiger partial charge in [-0.3, -0.25) is 9.09 Å². The summed E-state index contributed by atoms with van der Waals surface area (Å²) in [4.78, 5) is 32.9. The number of carboxylic acids is 1. The smallest absolute Gasteiger partial charge is 0.408 e. The topological polar surface area (TPSA) is 148 Å². The van der Waals surface area contributed by atoms with Gasteiger partial charge in [0, 0.05) is 0 Å². The summed E-state index contributed by atoms with van der Waals surface area (Å²) in [5.74, 6) is -2.68. The second kappa shape index (κ2) is 10.9. The van der Waals surface area contributed by atoms with Gasteiger partial charge < -0.3 is 25.8 Å². The summed E-state index contributed by atoms with van der Waals surface area (Å²) in [6, 6.07) is 8.90. The van der Waals surface area contributed by atoms with E-state index in [1.807, 2.05) is 6.07 Å². The lowest BCUT2D eigenvalue weighted by atomic mass is 10.1. The quantitative estimate of drug-likeness (QED) is 0.332. The predicted octanol–water partition coefficient (Wildman–Crippen LogP) is 2.04. The van der Waals surface area contributed by atoms with Crippen LogP contribution in [0.3, 0.4) is 0 Å². The minimum Gasteiger partial charge on any atom is -0.479 e. The van der Waals surface area contributed by atoms with Gasteiger partial charge in [0.05, 0.1) is 0 Å². The number of rotatable bonds is 11. The van der Waals surface area contributed by atoms with Crippen molar-refractivity contribution in [2.45, 2.75) is 44.7 Å². The molecule has 0 fully saturated rings. The highest BCUT2D eigenvalue weighted by molar-refractivity contribution is 7.53. The van der Waals surface area contributed by atoms with E-state index in [0.29, 0.717) is 19.4 Å². The Balaban J connectivity index is 2.53. The minimum atomic E-state index is -4.42. The van der Waals surface area contributed by atoms with Crippen LogP contribution in [0.25, 0.3) is 0 Å². The zero-order valence-electron chi connectivity index (χ0n) is 14.5. The molecule has 5 N–H and O–H groups in total. The van der Waals surface area contributed by atoms with Gasteiger partial charge in [0.2, 0.25) is 0 Å². The van der Waals surface area contributed by atoms with Crippen molar-refractivity contribution < 1.29 is 33.4 Å². The molecule has 0 aromatic heterocycles. The van der Waals surface area contributed by atoms with Crippen LogP contribution in [-0.4, -0.2) is 40.5 Å². The zero-order valence-corrected chi connectivity index (χ0v) is 15.4. The third-order valence-electron chi connectivity index (χ3n) is 3.50. The molecule has 1 rings (SSSR count). The molecule has 0 aliphatic carbocycles. The van der Waals surface area contributed by atoms with Gasteiger partial charge in [-0.1, -0.05) is 30.3 Å². The lowest BCUT2D eigenvalue weighted by Gasteiger charge is -2.23. The molecule has 0 spiro atoms. The number of amides is 1. The Morgan fingerprint density at radius 3 is 2.50 bits per heavy atom. The van der Waals surface area contributed by atoms with E-state index in [0.717, 1.165) is 5.56 Å². The van der Waals surface area contributed by atoms with E-state index in [1.54, 1.807) is 24.3 Å². The van der Waals surface area contributed by atoms with Crippen LogP contribution in [0.2, 0.25) is 0 Å². The SMILES string of the molecule is CC(NC(=O)OCc1ccccc1)P(=O)(O)OC(CCCCN)C(=O)O. The van der Waals surface area contributed by atoms with Gasteiger partial charge >= 0.3 is 19.7 Å². The standard InChI is InChI=1S/C16H25N2O7P/c1-12(18-16(21)24-11-13-7-3-2-4-8-13)26(22,23)25-14(15(19)20)9-5-6-10-17/h2-4,7-8,12,14H,5-6,9-11,17H2,1H3,(H,18,21)(H,19,20)(H,22,23). The van der Waals surface area contributed by atoms with Crippen LogP contribution in [0.4, 0.5) is 4.79 Å². The predicted molar refractivity (Wildman–Crippen MR) is 94.5 cm³/mol. The van der Waals surface area contributed by atoms with E-state index < -0.39 is 31.5 Å². The molecule has 10 heteroatoms. The fraction of sp³-hybridized carbons (Fsp3) is 0.500. The number of nitrogens with two attached hydrogens (primary N) is 1. The van der Waals surface area contributed by atoms with Crippen LogP contribution < -0.4 is 11.1 Å². The maximum absolute atomic E-state index is 12.2. The first-order valence-corrected chi connectivity index (χ1v) is 9.82. The monoisotopic (exact) mass is 388 g/mol. The normalized spacial score (nSPS) is 15.5. The summed E-state index contributed by atoms with van der Waals surface area (Å²) in [7, 11) is -4.42. The first-order valence-electron chi connectivity index (χ1n) is 8.17. The molecule has 9 nitrogen and oxygen atoms in total. The average molecular weight is 388 g/mol. The van der Waals surface area contributed by atoms with E-state index in [1.165, 1.54) is 6.92 Å². The molecule has 26 heavy (non-hydrogen) atoms. The summed E-state index contributed by atoms with van der Waals surface area (Å²) < 4.78 is 22.1. The van der Waals surface area contributed by atoms with Crippen LogP contribution in [0.5, 0.6) is 0 Å². The fourth-order valence-electron chi connectivity index (χ4n) is 1.99. The summed E-state index contributed by atoms with van der Waals surface area (Å²) in [5.41, 5.74) is 6.09. The maximum Gasteiger partial charge on any atom is 0.408 e. The summed E-state index contributed by atoms with van der Waals surface area (Å²) in [6.45, 7) is 1.62. The second-order valence-corrected chi connectivity index (χ2v) is 7.78. The molecule has 1 amide bonds. The number of alkyl carbamates (subject to hydrolysis) is 1. The third kappa shape index (κ3) is 7.97. The van der Waals surface area contributed by atoms with E-state index in [4.69, 9.17) is 20.1 Å². The first-order chi connectivity index (χ1) is 12.3. The highest BCUT2D eigenvalue weighted by Gasteiger charge is 2.35. The van der Waals surface area contributed by atoms with Crippen molar-refractivity contribution in [2.75, 3.05) is 6.54 Å². The Morgan fingerprint density at radius 1 is 1.27 bits per heavy atom. The Bertz CT molecular complexity index is 626. The van der Waals surface area contributed by atoms with Crippen LogP contribution in [-0.2, 0) is 25.2 Å². The molecule has 1 aromatic rings. The second-order valence-electron chi connectivity index (χ2n) is 5.66. The van der Waals surface area contributed by atoms with E-state index in [2.05, 4.69) is 5.32 Å². The van der Waals surface area contributed by atoms with E-state index >= 15 is 0 Å². The molecule has 3 atom stereocenters. The number of hydrogen-bond acceptors (Lipinski definition) is 6. The molecule has 0 aliphatic heterocycles. The molecule has 0 bridgehead atoms. The Hall–Kier alpha value is -1.93. The molecular formula is C16H25N2O7P. The number of hydrogen-bond donors (Lipinski definition) is 4. The molecule has 0 heterocycles. The molecule has 1 aromatic carbocycles. The molecule has 0 saturated heterocycles. The summed E-state index contributed by atoms with van der Waals surface area (Å²) >= 11 is 0. The average Bonchev–Trinajstić information content (AvgIpc) is 2.60. The maximum atomic E-state index is 12.2. The van der Waals surface area contributed by atoms with Gasteiger partial charge in [-0.05, 0) is 38.3 Å². The van der Waals surface area contributed by atoms with Gasteiger partial charge in [0.1, 0.15) is 12.4 Å². The number of carbonyl (C=O) groups is 2. The molecule has 0 saturated carbocycles. The van der Waals surface area contributed by atoms with Crippen molar-refractivity contribution in [1.29, 1.82) is 0 Å². The number of carbonyl (C=O) groups excluding carboxylic acids is 1. The van der Waals surface area contributed by atoms with Crippen LogP contribution >= 0.6 is 7.60 Å². The highest BCUT2D eigenvalue weighted by Crippen LogP contribution is 2.47. The Morgan fingerprint density at radius 2 is 1.92 bits per heavy atom. The minimum absolute atomic E-state index is 0.00712. The van der Waals surface area contributed by atoms with Gasteiger partial charge in [-0.15, -0.1) is 0 Å². The van der Waals surface area contributed by atoms with Gasteiger partial charge in [0.25, 0.3) is 0 Å². The number of benzene rings is 1.